The second-order valence-corrected chi connectivity index (χ2v) is 7.14. The predicted molar refractivity (Wildman–Crippen MR) is 119 cm³/mol. The normalized spacial score (nSPS) is 10.8. The SMILES string of the molecule is Cc1ccc[n+](C#C[B-](c2ccccc2)(c2ccccc2)c2ccccc2)c1. The molecule has 0 saturated carbocycles. The summed E-state index contributed by atoms with van der Waals surface area (Å²) in [6.07, 6.45) is 2.63. The van der Waals surface area contributed by atoms with E-state index in [0.29, 0.717) is 0 Å². The van der Waals surface area contributed by atoms with Crippen molar-refractivity contribution in [2.45, 2.75) is 6.92 Å². The Hall–Kier alpha value is -3.57. The van der Waals surface area contributed by atoms with Gasteiger partial charge in [0, 0.05) is 11.6 Å². The van der Waals surface area contributed by atoms with Crippen LogP contribution in [0, 0.1) is 18.8 Å². The van der Waals surface area contributed by atoms with Gasteiger partial charge in [0.2, 0.25) is 0 Å². The monoisotopic (exact) mass is 359 g/mol. The topological polar surface area (TPSA) is 3.88 Å². The zero-order valence-corrected chi connectivity index (χ0v) is 16.0. The molecule has 0 spiro atoms. The Labute approximate surface area is 167 Å². The Balaban J connectivity index is 2.02. The summed E-state index contributed by atoms with van der Waals surface area (Å²) < 4.78 is 1.96. The summed E-state index contributed by atoms with van der Waals surface area (Å²) in [5.41, 5.74) is 4.86. The van der Waals surface area contributed by atoms with Crippen molar-refractivity contribution < 1.29 is 4.57 Å². The molecule has 0 radical (unpaired) electrons. The van der Waals surface area contributed by atoms with Crippen molar-refractivity contribution in [3.63, 3.8) is 0 Å². The minimum Gasteiger partial charge on any atom is -0.223 e. The van der Waals surface area contributed by atoms with Gasteiger partial charge in [0.05, 0.1) is 0 Å². The molecule has 0 saturated heterocycles. The van der Waals surface area contributed by atoms with E-state index in [-0.39, 0.29) is 0 Å². The van der Waals surface area contributed by atoms with Gasteiger partial charge in [-0.2, -0.15) is 16.4 Å². The molecule has 0 aliphatic heterocycles. The van der Waals surface area contributed by atoms with Crippen LogP contribution < -0.4 is 21.0 Å². The molecule has 0 aliphatic carbocycles. The zero-order chi connectivity index (χ0) is 19.2. The third-order valence-electron chi connectivity index (χ3n) is 5.26. The van der Waals surface area contributed by atoms with E-state index < -0.39 is 6.15 Å². The van der Waals surface area contributed by atoms with E-state index in [1.165, 1.54) is 22.0 Å². The molecule has 0 amide bonds. The number of hydrogen-bond acceptors (Lipinski definition) is 0. The van der Waals surface area contributed by atoms with Crippen molar-refractivity contribution in [3.8, 4) is 11.9 Å². The molecule has 2 heteroatoms. The molecular weight excluding hydrogens is 337 g/mol. The maximum Gasteiger partial charge on any atom is 0.187 e. The van der Waals surface area contributed by atoms with Crippen molar-refractivity contribution in [3.05, 3.63) is 121 Å². The Kier molecular flexibility index (Phi) is 5.08. The van der Waals surface area contributed by atoms with Crippen LogP contribution in [0.25, 0.3) is 0 Å². The first kappa shape index (κ1) is 17.8. The van der Waals surface area contributed by atoms with Gasteiger partial charge in [-0.3, -0.25) is 0 Å². The van der Waals surface area contributed by atoms with Gasteiger partial charge >= 0.3 is 0 Å². The smallest absolute Gasteiger partial charge is 0.187 e. The number of benzene rings is 3. The van der Waals surface area contributed by atoms with E-state index in [0.717, 1.165) is 0 Å². The van der Waals surface area contributed by atoms with Crippen molar-refractivity contribution in [1.29, 1.82) is 0 Å². The maximum atomic E-state index is 3.70. The summed E-state index contributed by atoms with van der Waals surface area (Å²) in [5.74, 6) is 3.70. The highest BCUT2D eigenvalue weighted by Gasteiger charge is 2.28. The number of pyridine rings is 1. The highest BCUT2D eigenvalue weighted by molar-refractivity contribution is 7.16. The van der Waals surface area contributed by atoms with Gasteiger partial charge < -0.3 is 0 Å². The van der Waals surface area contributed by atoms with Crippen LogP contribution in [0.4, 0.5) is 0 Å². The molecule has 0 aliphatic rings. The third kappa shape index (κ3) is 3.48. The Morgan fingerprint density at radius 2 is 1.07 bits per heavy atom. The van der Waals surface area contributed by atoms with Gasteiger partial charge in [-0.05, 0) is 13.0 Å². The average molecular weight is 359 g/mol. The van der Waals surface area contributed by atoms with Crippen molar-refractivity contribution in [1.82, 2.24) is 0 Å². The molecule has 4 aromatic rings. The number of rotatable bonds is 3. The summed E-state index contributed by atoms with van der Waals surface area (Å²) in [6, 6.07) is 39.4. The first-order chi connectivity index (χ1) is 13.8. The summed E-state index contributed by atoms with van der Waals surface area (Å²) in [5, 5.41) is 0. The second-order valence-electron chi connectivity index (χ2n) is 7.14. The molecule has 1 nitrogen and oxygen atoms in total. The molecule has 134 valence electrons. The van der Waals surface area contributed by atoms with Gasteiger partial charge in [0.15, 0.2) is 24.6 Å². The molecule has 0 unspecified atom stereocenters. The Morgan fingerprint density at radius 1 is 0.607 bits per heavy atom. The van der Waals surface area contributed by atoms with Crippen LogP contribution in [-0.4, -0.2) is 6.15 Å². The third-order valence-corrected chi connectivity index (χ3v) is 5.26. The van der Waals surface area contributed by atoms with Crippen LogP contribution in [-0.2, 0) is 0 Å². The number of aryl methyl sites for hydroxylation is 1. The molecule has 0 atom stereocenters. The molecule has 0 N–H and O–H groups in total. The van der Waals surface area contributed by atoms with E-state index in [2.05, 4.69) is 122 Å². The van der Waals surface area contributed by atoms with E-state index >= 15 is 0 Å². The van der Waals surface area contributed by atoms with Gasteiger partial charge in [-0.15, -0.1) is 4.57 Å². The molecule has 1 aromatic heterocycles. The number of aromatic nitrogens is 1. The first-order valence-corrected chi connectivity index (χ1v) is 9.62. The van der Waals surface area contributed by atoms with Crippen LogP contribution in [0.1, 0.15) is 5.56 Å². The summed E-state index contributed by atoms with van der Waals surface area (Å²) in [4.78, 5) is 0. The largest absolute Gasteiger partial charge is 0.223 e. The highest BCUT2D eigenvalue weighted by atomic mass is 14.9. The lowest BCUT2D eigenvalue weighted by Crippen LogP contribution is -2.66. The highest BCUT2D eigenvalue weighted by Crippen LogP contribution is 2.07. The molecule has 0 fully saturated rings. The van der Waals surface area contributed by atoms with Crippen LogP contribution >= 0.6 is 0 Å². The zero-order valence-electron chi connectivity index (χ0n) is 16.0. The van der Waals surface area contributed by atoms with Crippen molar-refractivity contribution in [2.75, 3.05) is 0 Å². The van der Waals surface area contributed by atoms with E-state index in [1.54, 1.807) is 0 Å². The van der Waals surface area contributed by atoms with E-state index in [9.17, 15) is 0 Å². The first-order valence-electron chi connectivity index (χ1n) is 9.62. The lowest BCUT2D eigenvalue weighted by Gasteiger charge is -2.37. The molecule has 28 heavy (non-hydrogen) atoms. The minimum atomic E-state index is -1.43. The molecular formula is C26H22BN. The molecule has 4 rings (SSSR count). The van der Waals surface area contributed by atoms with Crippen LogP contribution in [0.5, 0.6) is 0 Å². The second kappa shape index (κ2) is 7.98. The fraction of sp³-hybridized carbons (Fsp3) is 0.0385. The average Bonchev–Trinajstić information content (AvgIpc) is 2.77. The fourth-order valence-corrected chi connectivity index (χ4v) is 3.89. The van der Waals surface area contributed by atoms with Gasteiger partial charge in [0.1, 0.15) is 0 Å². The van der Waals surface area contributed by atoms with Crippen LogP contribution in [0.15, 0.2) is 116 Å². The van der Waals surface area contributed by atoms with Gasteiger partial charge in [-0.25, -0.2) is 5.82 Å². The Bertz CT molecular complexity index is 1010. The predicted octanol–water partition coefficient (Wildman–Crippen LogP) is 2.80. The van der Waals surface area contributed by atoms with E-state index in [4.69, 9.17) is 0 Å². The molecule has 1 heterocycles. The lowest BCUT2D eigenvalue weighted by atomic mass is 9.16. The molecule has 3 aromatic carbocycles. The minimum absolute atomic E-state index is 1.19. The van der Waals surface area contributed by atoms with Crippen LogP contribution in [0.3, 0.4) is 0 Å². The quantitative estimate of drug-likeness (QED) is 0.301. The fourth-order valence-electron chi connectivity index (χ4n) is 3.89. The van der Waals surface area contributed by atoms with Crippen molar-refractivity contribution in [2.24, 2.45) is 0 Å². The van der Waals surface area contributed by atoms with Gasteiger partial charge in [-0.1, -0.05) is 91.0 Å². The van der Waals surface area contributed by atoms with Gasteiger partial charge in [0.25, 0.3) is 0 Å². The Morgan fingerprint density at radius 3 is 1.50 bits per heavy atom. The standard InChI is InChI=1S/C26H22BN/c1-23-12-11-20-28(22-23)21-19-27(24-13-5-2-6-14-24,25-15-7-3-8-16-25)26-17-9-4-10-18-26/h2-18,20,22H,1H3. The summed E-state index contributed by atoms with van der Waals surface area (Å²) in [6.45, 7) is 2.09. The number of nitrogens with zero attached hydrogens (tertiary/aromatic N) is 1. The van der Waals surface area contributed by atoms with E-state index in [1.807, 2.05) is 16.8 Å². The number of hydrogen-bond donors (Lipinski definition) is 0. The molecule has 0 bridgehead atoms. The summed E-state index contributed by atoms with van der Waals surface area (Å²) >= 11 is 0. The summed E-state index contributed by atoms with van der Waals surface area (Å²) in [7, 11) is 0. The van der Waals surface area contributed by atoms with Crippen molar-refractivity contribution >= 4 is 22.5 Å². The maximum absolute atomic E-state index is 3.70. The van der Waals surface area contributed by atoms with Crippen LogP contribution in [0.2, 0.25) is 0 Å². The lowest BCUT2D eigenvalue weighted by molar-refractivity contribution is -0.583.